The lowest BCUT2D eigenvalue weighted by Gasteiger charge is -2.42. The molecule has 1 aliphatic heterocycles. The molecular weight excluding hydrogens is 196 g/mol. The fourth-order valence-corrected chi connectivity index (χ4v) is 2.12. The topological polar surface area (TPSA) is 24.9 Å². The van der Waals surface area contributed by atoms with Crippen LogP contribution in [0.25, 0.3) is 0 Å². The number of nitrogens with zero attached hydrogens (tertiary/aromatic N) is 1. The Kier molecular flexibility index (Phi) is 2.75. The van der Waals surface area contributed by atoms with Crippen LogP contribution in [0.3, 0.4) is 0 Å². The second-order valence-electron chi connectivity index (χ2n) is 4.10. The summed E-state index contributed by atoms with van der Waals surface area (Å²) in [5.41, 5.74) is 1.66. The maximum atomic E-state index is 6.09. The first-order chi connectivity index (χ1) is 6.76. The van der Waals surface area contributed by atoms with Crippen molar-refractivity contribution in [3.63, 3.8) is 0 Å². The standard InChI is InChI=1S/C11H15ClN2/c1-2-11(7-14-8-11)5-9-3-4-13-6-10(9)12/h3-4,6,14H,2,5,7-8H2,1H3. The Balaban J connectivity index is 2.13. The van der Waals surface area contributed by atoms with Gasteiger partial charge in [-0.2, -0.15) is 0 Å². The van der Waals surface area contributed by atoms with Crippen LogP contribution in [0.5, 0.6) is 0 Å². The summed E-state index contributed by atoms with van der Waals surface area (Å²) in [6, 6.07) is 2.03. The summed E-state index contributed by atoms with van der Waals surface area (Å²) >= 11 is 6.09. The van der Waals surface area contributed by atoms with Crippen LogP contribution >= 0.6 is 11.6 Å². The zero-order valence-corrected chi connectivity index (χ0v) is 9.14. The van der Waals surface area contributed by atoms with Crippen LogP contribution in [0.4, 0.5) is 0 Å². The fourth-order valence-electron chi connectivity index (χ4n) is 1.93. The lowest BCUT2D eigenvalue weighted by Crippen LogP contribution is -2.54. The summed E-state index contributed by atoms with van der Waals surface area (Å²) in [6.07, 6.45) is 5.82. The predicted octanol–water partition coefficient (Wildman–Crippen LogP) is 2.28. The van der Waals surface area contributed by atoms with Gasteiger partial charge in [0.05, 0.1) is 5.02 Å². The van der Waals surface area contributed by atoms with Crippen molar-refractivity contribution in [2.24, 2.45) is 5.41 Å². The normalized spacial score (nSPS) is 19.0. The van der Waals surface area contributed by atoms with Crippen LogP contribution in [0.15, 0.2) is 18.5 Å². The second kappa shape index (κ2) is 3.87. The van der Waals surface area contributed by atoms with Crippen molar-refractivity contribution in [1.82, 2.24) is 10.3 Å². The monoisotopic (exact) mass is 210 g/mol. The van der Waals surface area contributed by atoms with E-state index in [9.17, 15) is 0 Å². The summed E-state index contributed by atoms with van der Waals surface area (Å²) in [4.78, 5) is 4.00. The van der Waals surface area contributed by atoms with Crippen LogP contribution in [0.1, 0.15) is 18.9 Å². The van der Waals surface area contributed by atoms with E-state index >= 15 is 0 Å². The number of rotatable bonds is 3. The number of halogens is 1. The van der Waals surface area contributed by atoms with E-state index in [0.717, 1.165) is 24.5 Å². The van der Waals surface area contributed by atoms with Gasteiger partial charge in [0, 0.05) is 25.5 Å². The molecule has 0 aliphatic carbocycles. The Morgan fingerprint density at radius 3 is 2.86 bits per heavy atom. The number of nitrogens with one attached hydrogen (secondary N) is 1. The number of hydrogen-bond donors (Lipinski definition) is 1. The van der Waals surface area contributed by atoms with Gasteiger partial charge in [0.2, 0.25) is 0 Å². The van der Waals surface area contributed by atoms with E-state index < -0.39 is 0 Å². The molecule has 0 bridgehead atoms. The van der Waals surface area contributed by atoms with Crippen molar-refractivity contribution in [3.05, 3.63) is 29.0 Å². The first kappa shape index (κ1) is 9.94. The molecule has 0 atom stereocenters. The number of aromatic nitrogens is 1. The van der Waals surface area contributed by atoms with Crippen molar-refractivity contribution in [2.45, 2.75) is 19.8 Å². The van der Waals surface area contributed by atoms with Gasteiger partial charge in [0.15, 0.2) is 0 Å². The molecular formula is C11H15ClN2. The Bertz CT molecular complexity index is 315. The van der Waals surface area contributed by atoms with Crippen molar-refractivity contribution in [1.29, 1.82) is 0 Å². The van der Waals surface area contributed by atoms with Gasteiger partial charge in [-0.15, -0.1) is 0 Å². The first-order valence-electron chi connectivity index (χ1n) is 5.05. The Labute approximate surface area is 89.7 Å². The van der Waals surface area contributed by atoms with Gasteiger partial charge in [0.1, 0.15) is 0 Å². The SMILES string of the molecule is CCC1(Cc2ccncc2Cl)CNC1. The number of hydrogen-bond acceptors (Lipinski definition) is 2. The zero-order valence-electron chi connectivity index (χ0n) is 8.39. The molecule has 0 radical (unpaired) electrons. The molecule has 2 heterocycles. The maximum absolute atomic E-state index is 6.09. The molecule has 1 fully saturated rings. The highest BCUT2D eigenvalue weighted by atomic mass is 35.5. The van der Waals surface area contributed by atoms with E-state index in [1.54, 1.807) is 6.20 Å². The molecule has 3 heteroatoms. The minimum Gasteiger partial charge on any atom is -0.316 e. The van der Waals surface area contributed by atoms with Gasteiger partial charge < -0.3 is 5.32 Å². The molecule has 0 amide bonds. The third kappa shape index (κ3) is 1.77. The lowest BCUT2D eigenvalue weighted by molar-refractivity contribution is 0.160. The summed E-state index contributed by atoms with van der Waals surface area (Å²) in [5.74, 6) is 0. The summed E-state index contributed by atoms with van der Waals surface area (Å²) in [5, 5.41) is 4.13. The predicted molar refractivity (Wildman–Crippen MR) is 58.5 cm³/mol. The summed E-state index contributed by atoms with van der Waals surface area (Å²) in [7, 11) is 0. The highest BCUT2D eigenvalue weighted by Crippen LogP contribution is 2.32. The van der Waals surface area contributed by atoms with Crippen molar-refractivity contribution < 1.29 is 0 Å². The van der Waals surface area contributed by atoms with Crippen LogP contribution in [0.2, 0.25) is 5.02 Å². The molecule has 2 nitrogen and oxygen atoms in total. The van der Waals surface area contributed by atoms with Crippen molar-refractivity contribution in [3.8, 4) is 0 Å². The molecule has 0 saturated carbocycles. The molecule has 76 valence electrons. The van der Waals surface area contributed by atoms with E-state index in [1.807, 2.05) is 12.3 Å². The molecule has 0 unspecified atom stereocenters. The molecule has 1 aromatic rings. The molecule has 1 saturated heterocycles. The Morgan fingerprint density at radius 2 is 2.36 bits per heavy atom. The fraction of sp³-hybridized carbons (Fsp3) is 0.545. The highest BCUT2D eigenvalue weighted by Gasteiger charge is 2.35. The minimum absolute atomic E-state index is 0.436. The molecule has 14 heavy (non-hydrogen) atoms. The number of pyridine rings is 1. The van der Waals surface area contributed by atoms with Gasteiger partial charge in [-0.3, -0.25) is 4.98 Å². The van der Waals surface area contributed by atoms with Gasteiger partial charge in [-0.05, 0) is 29.9 Å². The second-order valence-corrected chi connectivity index (χ2v) is 4.51. The molecule has 2 rings (SSSR count). The van der Waals surface area contributed by atoms with Gasteiger partial charge in [-0.1, -0.05) is 18.5 Å². The largest absolute Gasteiger partial charge is 0.316 e. The van der Waals surface area contributed by atoms with Gasteiger partial charge >= 0.3 is 0 Å². The van der Waals surface area contributed by atoms with E-state index in [-0.39, 0.29) is 0 Å². The molecule has 0 spiro atoms. The average Bonchev–Trinajstić information content (AvgIpc) is 2.14. The Hall–Kier alpha value is -0.600. The van der Waals surface area contributed by atoms with Crippen LogP contribution in [0, 0.1) is 5.41 Å². The third-order valence-corrected chi connectivity index (χ3v) is 3.51. The van der Waals surface area contributed by atoms with Crippen LogP contribution in [-0.4, -0.2) is 18.1 Å². The minimum atomic E-state index is 0.436. The molecule has 1 aliphatic rings. The highest BCUT2D eigenvalue weighted by molar-refractivity contribution is 6.31. The lowest BCUT2D eigenvalue weighted by atomic mass is 9.74. The molecule has 0 aromatic carbocycles. The van der Waals surface area contributed by atoms with Crippen LogP contribution < -0.4 is 5.32 Å². The maximum Gasteiger partial charge on any atom is 0.0621 e. The van der Waals surface area contributed by atoms with Gasteiger partial charge in [-0.25, -0.2) is 0 Å². The van der Waals surface area contributed by atoms with Crippen LogP contribution in [-0.2, 0) is 6.42 Å². The first-order valence-corrected chi connectivity index (χ1v) is 5.43. The van der Waals surface area contributed by atoms with E-state index in [0.29, 0.717) is 5.41 Å². The quantitative estimate of drug-likeness (QED) is 0.828. The summed E-state index contributed by atoms with van der Waals surface area (Å²) < 4.78 is 0. The van der Waals surface area contributed by atoms with E-state index in [1.165, 1.54) is 12.0 Å². The average molecular weight is 211 g/mol. The van der Waals surface area contributed by atoms with E-state index in [2.05, 4.69) is 17.2 Å². The summed E-state index contributed by atoms with van der Waals surface area (Å²) in [6.45, 7) is 4.47. The molecule has 1 aromatic heterocycles. The third-order valence-electron chi connectivity index (χ3n) is 3.17. The molecule has 1 N–H and O–H groups in total. The van der Waals surface area contributed by atoms with Crippen molar-refractivity contribution in [2.75, 3.05) is 13.1 Å². The smallest absolute Gasteiger partial charge is 0.0621 e. The van der Waals surface area contributed by atoms with Gasteiger partial charge in [0.25, 0.3) is 0 Å². The zero-order chi connectivity index (χ0) is 10.0. The van der Waals surface area contributed by atoms with Crippen molar-refractivity contribution >= 4 is 11.6 Å². The Morgan fingerprint density at radius 1 is 1.57 bits per heavy atom. The van der Waals surface area contributed by atoms with E-state index in [4.69, 9.17) is 11.6 Å².